The fraction of sp³-hybridized carbons (Fsp3) is 0.217. The van der Waals surface area contributed by atoms with Gasteiger partial charge in [0.15, 0.2) is 5.82 Å². The van der Waals surface area contributed by atoms with E-state index in [-0.39, 0.29) is 40.6 Å². The quantitative estimate of drug-likeness (QED) is 0.216. The molecule has 3 heterocycles. The Kier molecular flexibility index (Phi) is 7.64. The second-order valence-electron chi connectivity index (χ2n) is 7.71. The van der Waals surface area contributed by atoms with Crippen molar-refractivity contribution < 1.29 is 31.1 Å². The smallest absolute Gasteiger partial charge is 0.398 e. The summed E-state index contributed by atoms with van der Waals surface area (Å²) < 4.78 is 84.4. The maximum atomic E-state index is 14.6. The van der Waals surface area contributed by atoms with Crippen LogP contribution >= 0.6 is 11.6 Å². The first kappa shape index (κ1) is 26.4. The van der Waals surface area contributed by atoms with Gasteiger partial charge in [-0.05, 0) is 30.7 Å². The highest BCUT2D eigenvalue weighted by molar-refractivity contribution is 6.31. The van der Waals surface area contributed by atoms with Crippen molar-refractivity contribution in [2.45, 2.75) is 25.3 Å². The van der Waals surface area contributed by atoms with Gasteiger partial charge in [-0.15, -0.1) is 0 Å². The summed E-state index contributed by atoms with van der Waals surface area (Å²) in [5, 5.41) is 4.05. The highest BCUT2D eigenvalue weighted by Gasteiger charge is 2.34. The molecule has 37 heavy (non-hydrogen) atoms. The number of hydrogen-bond acceptors (Lipinski definition) is 6. The summed E-state index contributed by atoms with van der Waals surface area (Å²) in [7, 11) is 0. The number of alkyl halides is 5. The standard InChI is InChI=1S/C23H17ClF6N6O/c24-14-2-3-15(31)19(20(14)25)12-1-4-17(33-9-12)18(6-8-37-22(26)27)36-11-13(10-34-36)16-5-7-32-21(35-16)23(28,29)30/h1-5,7,9-11,18,22H,6,8,31H2. The van der Waals surface area contributed by atoms with Crippen LogP contribution in [0.1, 0.15) is 24.0 Å². The molecule has 4 aromatic rings. The van der Waals surface area contributed by atoms with Gasteiger partial charge in [-0.3, -0.25) is 9.67 Å². The first-order valence-corrected chi connectivity index (χ1v) is 11.0. The van der Waals surface area contributed by atoms with Crippen molar-refractivity contribution in [2.75, 3.05) is 12.3 Å². The maximum absolute atomic E-state index is 14.6. The maximum Gasteiger partial charge on any atom is 0.451 e. The summed E-state index contributed by atoms with van der Waals surface area (Å²) in [6.07, 6.45) is 0.241. The van der Waals surface area contributed by atoms with E-state index in [1.54, 1.807) is 0 Å². The third-order valence-electron chi connectivity index (χ3n) is 5.30. The Morgan fingerprint density at radius 1 is 1.03 bits per heavy atom. The molecule has 0 aliphatic carbocycles. The summed E-state index contributed by atoms with van der Waals surface area (Å²) in [5.74, 6) is -2.04. The van der Waals surface area contributed by atoms with Gasteiger partial charge >= 0.3 is 12.8 Å². The van der Waals surface area contributed by atoms with Crippen LogP contribution in [0.4, 0.5) is 32.0 Å². The van der Waals surface area contributed by atoms with E-state index in [1.165, 1.54) is 53.6 Å². The van der Waals surface area contributed by atoms with Crippen LogP contribution in [-0.4, -0.2) is 38.0 Å². The minimum absolute atomic E-state index is 0.0109. The van der Waals surface area contributed by atoms with E-state index in [0.717, 1.165) is 6.20 Å². The highest BCUT2D eigenvalue weighted by atomic mass is 35.5. The van der Waals surface area contributed by atoms with Crippen LogP contribution in [0.25, 0.3) is 22.4 Å². The van der Waals surface area contributed by atoms with Gasteiger partial charge in [-0.1, -0.05) is 17.7 Å². The zero-order chi connectivity index (χ0) is 26.7. The minimum Gasteiger partial charge on any atom is -0.398 e. The number of benzene rings is 1. The lowest BCUT2D eigenvalue weighted by Crippen LogP contribution is -2.16. The lowest BCUT2D eigenvalue weighted by molar-refractivity contribution is -0.144. The van der Waals surface area contributed by atoms with Crippen LogP contribution < -0.4 is 5.73 Å². The Morgan fingerprint density at radius 3 is 2.49 bits per heavy atom. The largest absolute Gasteiger partial charge is 0.451 e. The number of nitrogens with two attached hydrogens (primary N) is 1. The summed E-state index contributed by atoms with van der Waals surface area (Å²) >= 11 is 5.86. The Hall–Kier alpha value is -3.71. The molecule has 0 bridgehead atoms. The number of aromatic nitrogens is 5. The molecule has 2 N–H and O–H groups in total. The molecule has 194 valence electrons. The molecule has 0 amide bonds. The van der Waals surface area contributed by atoms with Gasteiger partial charge in [0.25, 0.3) is 0 Å². The van der Waals surface area contributed by atoms with Gasteiger partial charge in [-0.2, -0.15) is 27.1 Å². The Morgan fingerprint density at radius 2 is 1.81 bits per heavy atom. The summed E-state index contributed by atoms with van der Waals surface area (Å²) in [6.45, 7) is -3.37. The van der Waals surface area contributed by atoms with E-state index in [1.807, 2.05) is 0 Å². The van der Waals surface area contributed by atoms with Crippen LogP contribution in [-0.2, 0) is 10.9 Å². The fourth-order valence-corrected chi connectivity index (χ4v) is 3.75. The van der Waals surface area contributed by atoms with E-state index in [0.29, 0.717) is 11.3 Å². The van der Waals surface area contributed by atoms with Crippen molar-refractivity contribution in [2.24, 2.45) is 0 Å². The van der Waals surface area contributed by atoms with Gasteiger partial charge in [0, 0.05) is 41.0 Å². The Bertz CT molecular complexity index is 1380. The number of rotatable bonds is 8. The molecule has 3 aromatic heterocycles. The molecule has 1 aromatic carbocycles. The molecule has 7 nitrogen and oxygen atoms in total. The fourth-order valence-electron chi connectivity index (χ4n) is 3.59. The number of nitrogen functional groups attached to an aromatic ring is 1. The van der Waals surface area contributed by atoms with Gasteiger partial charge in [0.2, 0.25) is 5.82 Å². The number of hydrogen-bond donors (Lipinski definition) is 1. The average molecular weight is 543 g/mol. The summed E-state index contributed by atoms with van der Waals surface area (Å²) in [6, 6.07) is 6.34. The topological polar surface area (TPSA) is 91.7 Å². The van der Waals surface area contributed by atoms with E-state index < -0.39 is 30.5 Å². The first-order valence-electron chi connectivity index (χ1n) is 10.6. The third-order valence-corrected chi connectivity index (χ3v) is 5.60. The van der Waals surface area contributed by atoms with E-state index in [9.17, 15) is 26.3 Å². The first-order chi connectivity index (χ1) is 17.5. The van der Waals surface area contributed by atoms with E-state index in [2.05, 4.69) is 24.8 Å². The van der Waals surface area contributed by atoms with Crippen molar-refractivity contribution in [1.82, 2.24) is 24.7 Å². The normalized spacial score (nSPS) is 12.8. The van der Waals surface area contributed by atoms with Gasteiger partial charge in [0.1, 0.15) is 0 Å². The predicted octanol–water partition coefficient (Wildman–Crippen LogP) is 6.01. The molecule has 0 fully saturated rings. The van der Waals surface area contributed by atoms with Crippen molar-refractivity contribution in [3.8, 4) is 22.4 Å². The van der Waals surface area contributed by atoms with Crippen LogP contribution in [0.15, 0.2) is 55.1 Å². The molecule has 0 radical (unpaired) electrons. The van der Waals surface area contributed by atoms with Crippen molar-refractivity contribution in [1.29, 1.82) is 0 Å². The molecule has 0 spiro atoms. The third kappa shape index (κ3) is 6.00. The van der Waals surface area contributed by atoms with Gasteiger partial charge in [-0.25, -0.2) is 14.4 Å². The summed E-state index contributed by atoms with van der Waals surface area (Å²) in [4.78, 5) is 11.1. The minimum atomic E-state index is -4.74. The zero-order valence-corrected chi connectivity index (χ0v) is 19.4. The number of nitrogens with zero attached hydrogens (tertiary/aromatic N) is 5. The van der Waals surface area contributed by atoms with E-state index in [4.69, 9.17) is 17.3 Å². The van der Waals surface area contributed by atoms with Crippen molar-refractivity contribution in [3.05, 3.63) is 77.5 Å². The molecule has 0 aliphatic rings. The Balaban J connectivity index is 1.67. The average Bonchev–Trinajstić information content (AvgIpc) is 3.34. The second-order valence-corrected chi connectivity index (χ2v) is 8.11. The number of ether oxygens (including phenoxy) is 1. The molecule has 1 unspecified atom stereocenters. The lowest BCUT2D eigenvalue weighted by Gasteiger charge is -2.18. The van der Waals surface area contributed by atoms with Crippen LogP contribution in [0.3, 0.4) is 0 Å². The van der Waals surface area contributed by atoms with Crippen molar-refractivity contribution in [3.63, 3.8) is 0 Å². The van der Waals surface area contributed by atoms with Gasteiger partial charge < -0.3 is 10.5 Å². The molecule has 14 heteroatoms. The zero-order valence-electron chi connectivity index (χ0n) is 18.6. The molecule has 0 aliphatic heterocycles. The predicted molar refractivity (Wildman–Crippen MR) is 122 cm³/mol. The second kappa shape index (κ2) is 10.7. The lowest BCUT2D eigenvalue weighted by atomic mass is 10.0. The number of anilines is 1. The van der Waals surface area contributed by atoms with Crippen LogP contribution in [0, 0.1) is 5.82 Å². The van der Waals surface area contributed by atoms with Gasteiger partial charge in [0.05, 0.1) is 35.3 Å². The molecule has 4 rings (SSSR count). The monoisotopic (exact) mass is 542 g/mol. The number of halogens is 7. The highest BCUT2D eigenvalue weighted by Crippen LogP contribution is 2.34. The Labute approximate surface area is 210 Å². The molecule has 0 saturated heterocycles. The van der Waals surface area contributed by atoms with Crippen LogP contribution in [0.5, 0.6) is 0 Å². The molecule has 1 atom stereocenters. The molecular weight excluding hydrogens is 526 g/mol. The summed E-state index contributed by atoms with van der Waals surface area (Å²) in [5.41, 5.74) is 6.95. The SMILES string of the molecule is Nc1ccc(Cl)c(F)c1-c1ccc(C(CCOC(F)F)n2cc(-c3ccnc(C(F)(F)F)n3)cn2)nc1. The van der Waals surface area contributed by atoms with E-state index >= 15 is 0 Å². The number of pyridine rings is 1. The molecular formula is C23H17ClF6N6O. The molecule has 0 saturated carbocycles. The van der Waals surface area contributed by atoms with Crippen molar-refractivity contribution >= 4 is 17.3 Å². The van der Waals surface area contributed by atoms with Crippen LogP contribution in [0.2, 0.25) is 5.02 Å².